The monoisotopic (exact) mass is 434 g/mol. The minimum atomic E-state index is -3.80. The number of aryl methyl sites for hydroxylation is 1. The molecule has 1 N–H and O–H groups in total. The molecule has 9 heteroatoms. The summed E-state index contributed by atoms with van der Waals surface area (Å²) in [5.74, 6) is -0.517. The van der Waals surface area contributed by atoms with Crippen molar-refractivity contribution in [2.24, 2.45) is 0 Å². The number of nitrogens with one attached hydrogen (secondary N) is 1. The van der Waals surface area contributed by atoms with Crippen LogP contribution in [0.2, 0.25) is 15.1 Å². The third-order valence-electron chi connectivity index (χ3n) is 3.68. The number of amides is 1. The number of nitrogens with zero attached hydrogens (tertiary/aromatic N) is 1. The third kappa shape index (κ3) is 4.82. The lowest BCUT2D eigenvalue weighted by molar-refractivity contribution is -0.116. The van der Waals surface area contributed by atoms with Gasteiger partial charge in [0.1, 0.15) is 6.04 Å². The SMILES string of the molecule is Cc1cc(Cl)ccc1NC(=O)C(C)N(c1cc(Cl)ccc1Cl)S(C)(=O)=O. The molecule has 0 aliphatic carbocycles. The smallest absolute Gasteiger partial charge is 0.248 e. The van der Waals surface area contributed by atoms with Crippen molar-refractivity contribution in [1.29, 1.82) is 0 Å². The van der Waals surface area contributed by atoms with Crippen LogP contribution in [-0.2, 0) is 14.8 Å². The van der Waals surface area contributed by atoms with Gasteiger partial charge in [-0.05, 0) is 55.8 Å². The number of sulfonamides is 1. The molecule has 0 radical (unpaired) electrons. The van der Waals surface area contributed by atoms with Gasteiger partial charge < -0.3 is 5.32 Å². The van der Waals surface area contributed by atoms with Crippen molar-refractivity contribution in [3.8, 4) is 0 Å². The van der Waals surface area contributed by atoms with E-state index in [1.165, 1.54) is 25.1 Å². The van der Waals surface area contributed by atoms with E-state index in [0.29, 0.717) is 15.7 Å². The zero-order valence-electron chi connectivity index (χ0n) is 14.3. The number of rotatable bonds is 5. The van der Waals surface area contributed by atoms with Crippen LogP contribution in [0.15, 0.2) is 36.4 Å². The van der Waals surface area contributed by atoms with Gasteiger partial charge in [-0.2, -0.15) is 0 Å². The van der Waals surface area contributed by atoms with E-state index in [0.717, 1.165) is 16.1 Å². The number of halogens is 3. The maximum absolute atomic E-state index is 12.7. The van der Waals surface area contributed by atoms with Gasteiger partial charge in [-0.1, -0.05) is 34.8 Å². The minimum Gasteiger partial charge on any atom is -0.324 e. The van der Waals surface area contributed by atoms with Crippen LogP contribution in [0.25, 0.3) is 0 Å². The maximum atomic E-state index is 12.7. The lowest BCUT2D eigenvalue weighted by Crippen LogP contribution is -2.45. The maximum Gasteiger partial charge on any atom is 0.248 e. The zero-order valence-corrected chi connectivity index (χ0v) is 17.3. The second-order valence-corrected chi connectivity index (χ2v) is 8.92. The Morgan fingerprint density at radius 3 is 2.23 bits per heavy atom. The third-order valence-corrected chi connectivity index (χ3v) is 5.70. The van der Waals surface area contributed by atoms with Crippen molar-refractivity contribution in [2.75, 3.05) is 15.9 Å². The molecule has 1 unspecified atom stereocenters. The molecule has 26 heavy (non-hydrogen) atoms. The Bertz CT molecular complexity index is 948. The Morgan fingerprint density at radius 2 is 1.65 bits per heavy atom. The lowest BCUT2D eigenvalue weighted by atomic mass is 10.2. The predicted molar refractivity (Wildman–Crippen MR) is 108 cm³/mol. The topological polar surface area (TPSA) is 66.5 Å². The van der Waals surface area contributed by atoms with Crippen LogP contribution >= 0.6 is 34.8 Å². The fraction of sp³-hybridized carbons (Fsp3) is 0.235. The van der Waals surface area contributed by atoms with E-state index in [2.05, 4.69) is 5.32 Å². The Kier molecular flexibility index (Phi) is 6.45. The summed E-state index contributed by atoms with van der Waals surface area (Å²) >= 11 is 18.0. The molecule has 0 saturated heterocycles. The van der Waals surface area contributed by atoms with E-state index >= 15 is 0 Å². The molecule has 0 saturated carbocycles. The van der Waals surface area contributed by atoms with Gasteiger partial charge in [0, 0.05) is 15.7 Å². The quantitative estimate of drug-likeness (QED) is 0.737. The largest absolute Gasteiger partial charge is 0.324 e. The molecule has 2 aromatic rings. The molecular formula is C17H17Cl3N2O3S. The van der Waals surface area contributed by atoms with Crippen LogP contribution < -0.4 is 9.62 Å². The summed E-state index contributed by atoms with van der Waals surface area (Å²) in [6, 6.07) is 8.35. The van der Waals surface area contributed by atoms with Crippen LogP contribution in [0.1, 0.15) is 12.5 Å². The van der Waals surface area contributed by atoms with Gasteiger partial charge in [-0.3, -0.25) is 9.10 Å². The number of carbonyl (C=O) groups is 1. The van der Waals surface area contributed by atoms with E-state index in [1.807, 2.05) is 0 Å². The number of hydrogen-bond donors (Lipinski definition) is 1. The van der Waals surface area contributed by atoms with Crippen LogP contribution in [0.5, 0.6) is 0 Å². The lowest BCUT2D eigenvalue weighted by Gasteiger charge is -2.29. The molecule has 0 bridgehead atoms. The molecule has 5 nitrogen and oxygen atoms in total. The molecule has 0 aliphatic heterocycles. The average molecular weight is 436 g/mol. The fourth-order valence-corrected chi connectivity index (χ4v) is 4.27. The van der Waals surface area contributed by atoms with Gasteiger partial charge in [-0.15, -0.1) is 0 Å². The van der Waals surface area contributed by atoms with E-state index < -0.39 is 22.0 Å². The van der Waals surface area contributed by atoms with Gasteiger partial charge in [0.25, 0.3) is 0 Å². The molecule has 0 fully saturated rings. The molecule has 2 aromatic carbocycles. The number of hydrogen-bond acceptors (Lipinski definition) is 3. The van der Waals surface area contributed by atoms with Crippen LogP contribution in [-0.4, -0.2) is 26.6 Å². The Balaban J connectivity index is 2.39. The standard InChI is InChI=1S/C17H17Cl3N2O3S/c1-10-8-12(18)5-7-15(10)21-17(23)11(2)22(26(3,24)25)16-9-13(19)4-6-14(16)20/h4-9,11H,1-3H3,(H,21,23). The second kappa shape index (κ2) is 8.05. The Morgan fingerprint density at radius 1 is 1.08 bits per heavy atom. The van der Waals surface area contributed by atoms with E-state index in [9.17, 15) is 13.2 Å². The molecular weight excluding hydrogens is 419 g/mol. The average Bonchev–Trinajstić information content (AvgIpc) is 2.52. The zero-order chi connectivity index (χ0) is 19.6. The normalized spacial score (nSPS) is 12.5. The minimum absolute atomic E-state index is 0.136. The van der Waals surface area contributed by atoms with Crippen molar-refractivity contribution in [3.63, 3.8) is 0 Å². The Hall–Kier alpha value is -1.47. The first-order valence-electron chi connectivity index (χ1n) is 7.52. The van der Waals surface area contributed by atoms with Crippen molar-refractivity contribution in [2.45, 2.75) is 19.9 Å². The molecule has 140 valence electrons. The molecule has 0 aromatic heterocycles. The molecule has 1 atom stereocenters. The van der Waals surface area contributed by atoms with Crippen LogP contribution in [0.3, 0.4) is 0 Å². The van der Waals surface area contributed by atoms with Crippen molar-refractivity contribution in [3.05, 3.63) is 57.0 Å². The van der Waals surface area contributed by atoms with Crippen LogP contribution in [0, 0.1) is 6.92 Å². The first-order chi connectivity index (χ1) is 12.0. The van der Waals surface area contributed by atoms with Gasteiger partial charge in [0.2, 0.25) is 15.9 Å². The molecule has 1 amide bonds. The van der Waals surface area contributed by atoms with Crippen LogP contribution in [0.4, 0.5) is 11.4 Å². The second-order valence-electron chi connectivity index (χ2n) is 5.78. The van der Waals surface area contributed by atoms with Crippen molar-refractivity contribution < 1.29 is 13.2 Å². The summed E-state index contributed by atoms with van der Waals surface area (Å²) in [5.41, 5.74) is 1.43. The van der Waals surface area contributed by atoms with E-state index in [4.69, 9.17) is 34.8 Å². The summed E-state index contributed by atoms with van der Waals surface area (Å²) in [6.45, 7) is 3.26. The summed E-state index contributed by atoms with van der Waals surface area (Å²) < 4.78 is 25.6. The molecule has 0 heterocycles. The van der Waals surface area contributed by atoms with Gasteiger partial charge >= 0.3 is 0 Å². The Labute approximate surface area is 167 Å². The molecule has 0 aliphatic rings. The van der Waals surface area contributed by atoms with E-state index in [1.54, 1.807) is 25.1 Å². The van der Waals surface area contributed by atoms with Crippen molar-refractivity contribution in [1.82, 2.24) is 0 Å². The highest BCUT2D eigenvalue weighted by molar-refractivity contribution is 7.92. The first-order valence-corrected chi connectivity index (χ1v) is 10.5. The summed E-state index contributed by atoms with van der Waals surface area (Å²) in [5, 5.41) is 3.73. The first kappa shape index (κ1) is 20.8. The fourth-order valence-electron chi connectivity index (χ4n) is 2.44. The van der Waals surface area contributed by atoms with Gasteiger partial charge in [0.05, 0.1) is 17.0 Å². The van der Waals surface area contributed by atoms with Gasteiger partial charge in [0.15, 0.2) is 0 Å². The predicted octanol–water partition coefficient (Wildman–Crippen LogP) is 4.75. The van der Waals surface area contributed by atoms with Gasteiger partial charge in [-0.25, -0.2) is 8.42 Å². The van der Waals surface area contributed by atoms with Crippen molar-refractivity contribution >= 4 is 62.1 Å². The van der Waals surface area contributed by atoms with E-state index in [-0.39, 0.29) is 10.7 Å². The number of anilines is 2. The number of benzene rings is 2. The summed E-state index contributed by atoms with van der Waals surface area (Å²) in [4.78, 5) is 12.7. The highest BCUT2D eigenvalue weighted by Crippen LogP contribution is 2.32. The molecule has 2 rings (SSSR count). The highest BCUT2D eigenvalue weighted by Gasteiger charge is 2.31. The summed E-state index contributed by atoms with van der Waals surface area (Å²) in [6.07, 6.45) is 1.00. The highest BCUT2D eigenvalue weighted by atomic mass is 35.5. The number of carbonyl (C=O) groups excluding carboxylic acids is 1. The molecule has 0 spiro atoms. The summed E-state index contributed by atoms with van der Waals surface area (Å²) in [7, 11) is -3.80.